The fraction of sp³-hybridized carbons (Fsp3) is 0.0800. The van der Waals surface area contributed by atoms with Gasteiger partial charge in [-0.3, -0.25) is 0 Å². The molecule has 0 fully saturated rings. The minimum absolute atomic E-state index is 0.0881. The van der Waals surface area contributed by atoms with Crippen molar-refractivity contribution in [2.45, 2.75) is 13.0 Å². The molecule has 9 heteroatoms. The second kappa shape index (κ2) is 10.5. The predicted molar refractivity (Wildman–Crippen MR) is 135 cm³/mol. The van der Waals surface area contributed by atoms with Gasteiger partial charge in [0.25, 0.3) is 0 Å². The largest absolute Gasteiger partial charge is 0.348 e. The number of urea groups is 1. The predicted octanol–water partition coefficient (Wildman–Crippen LogP) is 7.47. The maximum Gasteiger partial charge on any atom is 0.332 e. The molecule has 0 radical (unpaired) electrons. The van der Waals surface area contributed by atoms with E-state index >= 15 is 0 Å². The number of amides is 2. The van der Waals surface area contributed by atoms with Crippen molar-refractivity contribution in [3.05, 3.63) is 106 Å². The Kier molecular flexibility index (Phi) is 7.25. The van der Waals surface area contributed by atoms with Crippen molar-refractivity contribution in [3.8, 4) is 0 Å². The van der Waals surface area contributed by atoms with Gasteiger partial charge in [-0.2, -0.15) is 4.98 Å². The zero-order valence-corrected chi connectivity index (χ0v) is 19.6. The molecule has 2 N–H and O–H groups in total. The summed E-state index contributed by atoms with van der Waals surface area (Å²) in [4.78, 5) is 23.4. The van der Waals surface area contributed by atoms with E-state index < -0.39 is 11.8 Å². The van der Waals surface area contributed by atoms with Crippen LogP contribution in [0, 0.1) is 5.82 Å². The topological polar surface area (TPSA) is 70.2 Å². The number of hydrogen-bond acceptors (Lipinski definition) is 4. The highest BCUT2D eigenvalue weighted by Crippen LogP contribution is 2.32. The van der Waals surface area contributed by atoms with Gasteiger partial charge < -0.3 is 10.6 Å². The third kappa shape index (κ3) is 5.44. The van der Waals surface area contributed by atoms with Crippen molar-refractivity contribution in [2.75, 3.05) is 15.5 Å². The Balaban J connectivity index is 1.68. The molecule has 0 saturated heterocycles. The first-order valence-corrected chi connectivity index (χ1v) is 11.1. The Morgan fingerprint density at radius 3 is 2.38 bits per heavy atom. The Morgan fingerprint density at radius 2 is 1.68 bits per heavy atom. The highest BCUT2D eigenvalue weighted by molar-refractivity contribution is 6.40. The van der Waals surface area contributed by atoms with Gasteiger partial charge in [0.2, 0.25) is 5.95 Å². The van der Waals surface area contributed by atoms with Gasteiger partial charge in [0.05, 0.1) is 27.5 Å². The van der Waals surface area contributed by atoms with Crippen molar-refractivity contribution < 1.29 is 9.18 Å². The molecule has 0 saturated carbocycles. The van der Waals surface area contributed by atoms with E-state index in [1.165, 1.54) is 29.3 Å². The number of rotatable bonds is 6. The summed E-state index contributed by atoms with van der Waals surface area (Å²) in [5.74, 6) is 0.0269. The van der Waals surface area contributed by atoms with Crippen LogP contribution in [0.15, 0.2) is 85.1 Å². The molecular weight excluding hydrogens is 476 g/mol. The van der Waals surface area contributed by atoms with E-state index in [0.717, 1.165) is 5.56 Å². The lowest BCUT2D eigenvalue weighted by Gasteiger charge is -2.24. The van der Waals surface area contributed by atoms with Crippen molar-refractivity contribution in [3.63, 3.8) is 0 Å². The molecule has 0 aliphatic carbocycles. The Morgan fingerprint density at radius 1 is 0.971 bits per heavy atom. The number of hydrogen-bond donors (Lipinski definition) is 2. The number of nitrogens with zero attached hydrogens (tertiary/aromatic N) is 3. The Labute approximate surface area is 206 Å². The monoisotopic (exact) mass is 495 g/mol. The number of benzene rings is 3. The number of carbonyl (C=O) groups excluding carboxylic acids is 1. The molecule has 3 aromatic carbocycles. The summed E-state index contributed by atoms with van der Waals surface area (Å²) in [7, 11) is 0. The normalized spacial score (nSPS) is 11.5. The van der Waals surface area contributed by atoms with Crippen LogP contribution in [0.5, 0.6) is 0 Å². The van der Waals surface area contributed by atoms with Crippen molar-refractivity contribution in [1.82, 2.24) is 9.97 Å². The van der Waals surface area contributed by atoms with Crippen LogP contribution in [0.25, 0.3) is 0 Å². The van der Waals surface area contributed by atoms with Crippen LogP contribution in [-0.4, -0.2) is 16.0 Å². The fourth-order valence-corrected chi connectivity index (χ4v) is 3.80. The summed E-state index contributed by atoms with van der Waals surface area (Å²) in [6.07, 6.45) is 1.52. The molecule has 6 nitrogen and oxygen atoms in total. The van der Waals surface area contributed by atoms with E-state index in [1.54, 1.807) is 30.3 Å². The Hall–Kier alpha value is -3.68. The highest BCUT2D eigenvalue weighted by atomic mass is 35.5. The smallest absolute Gasteiger partial charge is 0.332 e. The molecule has 0 spiro atoms. The minimum atomic E-state index is -0.624. The molecule has 0 aliphatic rings. The van der Waals surface area contributed by atoms with Crippen LogP contribution in [0.4, 0.5) is 32.3 Å². The summed E-state index contributed by atoms with van der Waals surface area (Å²) in [6, 6.07) is 21.1. The average Bonchev–Trinajstić information content (AvgIpc) is 2.83. The summed E-state index contributed by atoms with van der Waals surface area (Å²) in [5, 5.41) is 6.46. The zero-order chi connectivity index (χ0) is 24.1. The highest BCUT2D eigenvalue weighted by Gasteiger charge is 2.23. The second-order valence-corrected chi connectivity index (χ2v) is 8.17. The van der Waals surface area contributed by atoms with E-state index in [4.69, 9.17) is 23.2 Å². The van der Waals surface area contributed by atoms with Gasteiger partial charge in [0.1, 0.15) is 11.6 Å². The number of nitrogens with one attached hydrogen (secondary N) is 2. The number of aromatic nitrogens is 2. The lowest BCUT2D eigenvalue weighted by Crippen LogP contribution is -2.32. The van der Waals surface area contributed by atoms with Crippen molar-refractivity contribution >= 4 is 52.4 Å². The molecule has 1 aromatic heterocycles. The summed E-state index contributed by atoms with van der Waals surface area (Å²) in [6.45, 7) is 1.97. The van der Waals surface area contributed by atoms with Crippen molar-refractivity contribution in [1.29, 1.82) is 0 Å². The molecule has 1 unspecified atom stereocenters. The SMILES string of the molecule is CC(Nc1nccc(N(C(=O)Nc2c(Cl)cccc2Cl)c2cccc(F)c2)n1)c1ccccc1. The summed E-state index contributed by atoms with van der Waals surface area (Å²) in [5.41, 5.74) is 1.55. The molecule has 4 rings (SSSR count). The number of para-hydroxylation sites is 1. The van der Waals surface area contributed by atoms with E-state index in [9.17, 15) is 9.18 Å². The van der Waals surface area contributed by atoms with Crippen LogP contribution in [0.1, 0.15) is 18.5 Å². The van der Waals surface area contributed by atoms with Gasteiger partial charge >= 0.3 is 6.03 Å². The molecule has 1 atom stereocenters. The second-order valence-electron chi connectivity index (χ2n) is 7.36. The minimum Gasteiger partial charge on any atom is -0.348 e. The maximum atomic E-state index is 14.1. The lowest BCUT2D eigenvalue weighted by molar-refractivity contribution is 0.259. The van der Waals surface area contributed by atoms with Gasteiger partial charge in [-0.15, -0.1) is 0 Å². The van der Waals surface area contributed by atoms with E-state index in [0.29, 0.717) is 5.95 Å². The van der Waals surface area contributed by atoms with E-state index in [-0.39, 0.29) is 33.3 Å². The average molecular weight is 496 g/mol. The zero-order valence-electron chi connectivity index (χ0n) is 18.0. The first kappa shape index (κ1) is 23.5. The fourth-order valence-electron chi connectivity index (χ4n) is 3.31. The van der Waals surface area contributed by atoms with Crippen LogP contribution >= 0.6 is 23.2 Å². The molecule has 1 heterocycles. The third-order valence-electron chi connectivity index (χ3n) is 4.98. The van der Waals surface area contributed by atoms with Gasteiger partial charge in [0, 0.05) is 12.3 Å². The first-order chi connectivity index (χ1) is 16.4. The molecule has 0 aliphatic heterocycles. The lowest BCUT2D eigenvalue weighted by atomic mass is 10.1. The van der Waals surface area contributed by atoms with Gasteiger partial charge in [-0.1, -0.05) is 65.7 Å². The number of carbonyl (C=O) groups is 1. The Bertz CT molecular complexity index is 1290. The van der Waals surface area contributed by atoms with Crippen LogP contribution < -0.4 is 15.5 Å². The van der Waals surface area contributed by atoms with Crippen molar-refractivity contribution in [2.24, 2.45) is 0 Å². The quantitative estimate of drug-likeness (QED) is 0.291. The summed E-state index contributed by atoms with van der Waals surface area (Å²) >= 11 is 12.4. The van der Waals surface area contributed by atoms with Crippen LogP contribution in [-0.2, 0) is 0 Å². The van der Waals surface area contributed by atoms with Gasteiger partial charge in [0.15, 0.2) is 0 Å². The van der Waals surface area contributed by atoms with Crippen LogP contribution in [0.2, 0.25) is 10.0 Å². The van der Waals surface area contributed by atoms with Gasteiger partial charge in [-0.25, -0.2) is 19.1 Å². The molecule has 2 amide bonds. The molecule has 4 aromatic rings. The molecule has 0 bridgehead atoms. The molecular formula is C25H20Cl2FN5O. The molecule has 172 valence electrons. The molecule has 34 heavy (non-hydrogen) atoms. The number of halogens is 3. The standard InChI is InChI=1S/C25H20Cl2FN5O/c1-16(17-7-3-2-4-8-17)30-24-29-14-13-22(31-24)33(19-10-5-9-18(28)15-19)25(34)32-23-20(26)11-6-12-21(23)27/h2-16H,1H3,(H,32,34)(H,29,30,31). The van der Waals surface area contributed by atoms with Crippen LogP contribution in [0.3, 0.4) is 0 Å². The first-order valence-electron chi connectivity index (χ1n) is 10.4. The maximum absolute atomic E-state index is 14.1. The van der Waals surface area contributed by atoms with E-state index in [2.05, 4.69) is 20.6 Å². The summed E-state index contributed by atoms with van der Waals surface area (Å²) < 4.78 is 14.1. The third-order valence-corrected chi connectivity index (χ3v) is 5.61. The number of anilines is 4. The van der Waals surface area contributed by atoms with E-state index in [1.807, 2.05) is 37.3 Å². The van der Waals surface area contributed by atoms with Gasteiger partial charge in [-0.05, 0) is 42.8 Å².